The Hall–Kier alpha value is -1.95. The number of amides is 1. The monoisotopic (exact) mass is 263 g/mol. The summed E-state index contributed by atoms with van der Waals surface area (Å²) >= 11 is 0. The van der Waals surface area contributed by atoms with E-state index in [0.717, 1.165) is 25.9 Å². The number of nitrogens with one attached hydrogen (secondary N) is 1. The average Bonchev–Trinajstić information content (AvgIpc) is 2.39. The number of nitrogens with zero attached hydrogens (tertiary/aromatic N) is 2. The van der Waals surface area contributed by atoms with E-state index < -0.39 is 5.97 Å². The summed E-state index contributed by atoms with van der Waals surface area (Å²) in [5.41, 5.74) is 0.499. The molecule has 0 bridgehead atoms. The predicted octanol–water partition coefficient (Wildman–Crippen LogP) is 1.06. The smallest absolute Gasteiger partial charge is 0.354 e. The molecule has 1 amide bonds. The number of aromatic carboxylic acids is 1. The molecule has 0 radical (unpaired) electrons. The molecule has 1 aliphatic rings. The zero-order chi connectivity index (χ0) is 13.8. The molecule has 19 heavy (non-hydrogen) atoms. The van der Waals surface area contributed by atoms with Crippen molar-refractivity contribution in [3.8, 4) is 0 Å². The number of piperidine rings is 1. The number of hydrogen-bond donors (Lipinski definition) is 2. The Morgan fingerprint density at radius 1 is 1.47 bits per heavy atom. The van der Waals surface area contributed by atoms with Crippen LogP contribution >= 0.6 is 0 Å². The second-order valence-corrected chi connectivity index (χ2v) is 4.83. The molecule has 2 heterocycles. The van der Waals surface area contributed by atoms with Crippen LogP contribution in [-0.2, 0) is 4.79 Å². The van der Waals surface area contributed by atoms with Crippen molar-refractivity contribution in [1.29, 1.82) is 0 Å². The molecule has 2 N–H and O–H groups in total. The highest BCUT2D eigenvalue weighted by molar-refractivity contribution is 5.93. The fourth-order valence-electron chi connectivity index (χ4n) is 2.22. The first kappa shape index (κ1) is 13.5. The third-order valence-corrected chi connectivity index (χ3v) is 3.25. The average molecular weight is 263 g/mol. The van der Waals surface area contributed by atoms with Gasteiger partial charge in [-0.2, -0.15) is 0 Å². The van der Waals surface area contributed by atoms with Gasteiger partial charge in [0.15, 0.2) is 0 Å². The molecule has 1 aromatic rings. The van der Waals surface area contributed by atoms with Gasteiger partial charge in [-0.25, -0.2) is 9.78 Å². The van der Waals surface area contributed by atoms with E-state index in [0.29, 0.717) is 5.69 Å². The molecule has 1 fully saturated rings. The minimum Gasteiger partial charge on any atom is -0.477 e. The predicted molar refractivity (Wildman–Crippen MR) is 70.0 cm³/mol. The van der Waals surface area contributed by atoms with Gasteiger partial charge in [0.25, 0.3) is 0 Å². The fourth-order valence-corrected chi connectivity index (χ4v) is 2.22. The molecular formula is C13H17N3O3. The molecule has 102 valence electrons. The molecule has 1 saturated heterocycles. The fraction of sp³-hybridized carbons (Fsp3) is 0.462. The van der Waals surface area contributed by atoms with E-state index in [1.807, 2.05) is 7.05 Å². The van der Waals surface area contributed by atoms with Gasteiger partial charge in [-0.1, -0.05) is 0 Å². The lowest BCUT2D eigenvalue weighted by molar-refractivity contribution is -0.121. The Morgan fingerprint density at radius 2 is 2.26 bits per heavy atom. The van der Waals surface area contributed by atoms with Gasteiger partial charge in [-0.3, -0.25) is 4.79 Å². The Morgan fingerprint density at radius 3 is 2.84 bits per heavy atom. The van der Waals surface area contributed by atoms with Crippen molar-refractivity contribution in [1.82, 2.24) is 9.88 Å². The van der Waals surface area contributed by atoms with E-state index >= 15 is 0 Å². The first-order chi connectivity index (χ1) is 9.06. The number of carbonyl (C=O) groups is 2. The summed E-state index contributed by atoms with van der Waals surface area (Å²) < 4.78 is 0. The van der Waals surface area contributed by atoms with Crippen molar-refractivity contribution in [3.05, 3.63) is 24.0 Å². The van der Waals surface area contributed by atoms with E-state index in [-0.39, 0.29) is 17.5 Å². The normalized spacial score (nSPS) is 19.9. The largest absolute Gasteiger partial charge is 0.477 e. The molecule has 6 heteroatoms. The van der Waals surface area contributed by atoms with Gasteiger partial charge >= 0.3 is 5.97 Å². The highest BCUT2D eigenvalue weighted by atomic mass is 16.4. The number of anilines is 1. The number of rotatable bonds is 3. The highest BCUT2D eigenvalue weighted by Crippen LogP contribution is 2.17. The minimum atomic E-state index is -1.08. The van der Waals surface area contributed by atoms with Crippen LogP contribution in [-0.4, -0.2) is 47.0 Å². The summed E-state index contributed by atoms with van der Waals surface area (Å²) in [6.07, 6.45) is 3.27. The quantitative estimate of drug-likeness (QED) is 0.852. The van der Waals surface area contributed by atoms with Gasteiger partial charge in [0.1, 0.15) is 5.69 Å². The summed E-state index contributed by atoms with van der Waals surface area (Å²) in [5.74, 6) is -1.12. The second kappa shape index (κ2) is 5.79. The van der Waals surface area contributed by atoms with Crippen LogP contribution in [0.2, 0.25) is 0 Å². The van der Waals surface area contributed by atoms with Gasteiger partial charge in [0.05, 0.1) is 17.8 Å². The van der Waals surface area contributed by atoms with Gasteiger partial charge in [-0.05, 0) is 38.6 Å². The van der Waals surface area contributed by atoms with Crippen molar-refractivity contribution < 1.29 is 14.7 Å². The van der Waals surface area contributed by atoms with E-state index in [1.165, 1.54) is 12.3 Å². The molecule has 2 rings (SSSR count). The topological polar surface area (TPSA) is 82.5 Å². The van der Waals surface area contributed by atoms with Crippen molar-refractivity contribution in [2.75, 3.05) is 25.5 Å². The molecule has 6 nitrogen and oxygen atoms in total. The zero-order valence-electron chi connectivity index (χ0n) is 10.8. The molecule has 0 spiro atoms. The third-order valence-electron chi connectivity index (χ3n) is 3.25. The van der Waals surface area contributed by atoms with Gasteiger partial charge in [0, 0.05) is 6.54 Å². The van der Waals surface area contributed by atoms with Crippen LogP contribution in [0.5, 0.6) is 0 Å². The van der Waals surface area contributed by atoms with Gasteiger partial charge in [-0.15, -0.1) is 0 Å². The summed E-state index contributed by atoms with van der Waals surface area (Å²) in [5, 5.41) is 11.5. The first-order valence-corrected chi connectivity index (χ1v) is 6.25. The molecule has 1 unspecified atom stereocenters. The maximum Gasteiger partial charge on any atom is 0.354 e. The first-order valence-electron chi connectivity index (χ1n) is 6.25. The molecule has 1 aliphatic heterocycles. The standard InChI is InChI=1S/C13H17N3O3/c1-16-6-2-3-9(8-16)12(17)15-10-4-5-11(13(18)19)14-7-10/h4-5,7,9H,2-3,6,8H2,1H3,(H,15,17)(H,18,19). The zero-order valence-corrected chi connectivity index (χ0v) is 10.8. The van der Waals surface area contributed by atoms with Gasteiger partial charge < -0.3 is 15.3 Å². The van der Waals surface area contributed by atoms with E-state index in [1.54, 1.807) is 6.07 Å². The molecule has 1 atom stereocenters. The molecule has 0 aliphatic carbocycles. The number of likely N-dealkylation sites (tertiary alicyclic amines) is 1. The van der Waals surface area contributed by atoms with Crippen LogP contribution in [0.1, 0.15) is 23.3 Å². The number of aromatic nitrogens is 1. The van der Waals surface area contributed by atoms with Crippen molar-refractivity contribution in [3.63, 3.8) is 0 Å². The molecular weight excluding hydrogens is 246 g/mol. The van der Waals surface area contributed by atoms with Crippen LogP contribution in [0.4, 0.5) is 5.69 Å². The van der Waals surface area contributed by atoms with Crippen molar-refractivity contribution >= 4 is 17.6 Å². The van der Waals surface area contributed by atoms with Crippen LogP contribution in [0.15, 0.2) is 18.3 Å². The lowest BCUT2D eigenvalue weighted by Gasteiger charge is -2.28. The van der Waals surface area contributed by atoms with E-state index in [4.69, 9.17) is 5.11 Å². The van der Waals surface area contributed by atoms with E-state index in [9.17, 15) is 9.59 Å². The van der Waals surface area contributed by atoms with Gasteiger partial charge in [0.2, 0.25) is 5.91 Å². The van der Waals surface area contributed by atoms with Crippen LogP contribution in [0.3, 0.4) is 0 Å². The second-order valence-electron chi connectivity index (χ2n) is 4.83. The molecule has 0 saturated carbocycles. The van der Waals surface area contributed by atoms with Crippen LogP contribution in [0, 0.1) is 5.92 Å². The summed E-state index contributed by atoms with van der Waals surface area (Å²) in [4.78, 5) is 28.6. The molecule has 0 aromatic carbocycles. The lowest BCUT2D eigenvalue weighted by Crippen LogP contribution is -2.38. The maximum absolute atomic E-state index is 12.0. The third kappa shape index (κ3) is 3.51. The van der Waals surface area contributed by atoms with E-state index in [2.05, 4.69) is 15.2 Å². The Labute approximate surface area is 111 Å². The lowest BCUT2D eigenvalue weighted by atomic mass is 9.97. The summed E-state index contributed by atoms with van der Waals surface area (Å²) in [6.45, 7) is 1.78. The highest BCUT2D eigenvalue weighted by Gasteiger charge is 2.23. The van der Waals surface area contributed by atoms with Crippen LogP contribution in [0.25, 0.3) is 0 Å². The Bertz CT molecular complexity index is 473. The summed E-state index contributed by atoms with van der Waals surface area (Å²) in [6, 6.07) is 2.94. The number of pyridine rings is 1. The number of hydrogen-bond acceptors (Lipinski definition) is 4. The SMILES string of the molecule is CN1CCCC(C(=O)Nc2ccc(C(=O)O)nc2)C1. The number of carboxylic acid groups (broad SMARTS) is 1. The Kier molecular flexibility index (Phi) is 4.11. The number of carboxylic acids is 1. The van der Waals surface area contributed by atoms with Crippen LogP contribution < -0.4 is 5.32 Å². The van der Waals surface area contributed by atoms with Crippen molar-refractivity contribution in [2.24, 2.45) is 5.92 Å². The maximum atomic E-state index is 12.0. The van der Waals surface area contributed by atoms with Crippen molar-refractivity contribution in [2.45, 2.75) is 12.8 Å². The Balaban J connectivity index is 1.96. The molecule has 1 aromatic heterocycles. The minimum absolute atomic E-state index is 0.0158. The number of carbonyl (C=O) groups excluding carboxylic acids is 1. The summed E-state index contributed by atoms with van der Waals surface area (Å²) in [7, 11) is 2.00.